The van der Waals surface area contributed by atoms with Crippen LogP contribution in [0.1, 0.15) is 45.6 Å². The SMILES string of the molecule is CCNC1C(S(=O)c2ccc(C)cc2)CCCC1(C)C. The van der Waals surface area contributed by atoms with Gasteiger partial charge in [0, 0.05) is 10.9 Å². The Bertz CT molecular complexity index is 466. The fourth-order valence-corrected chi connectivity index (χ4v) is 5.14. The molecule has 0 saturated heterocycles. The molecule has 1 fully saturated rings. The standard InChI is InChI=1S/C17H27NOS/c1-5-18-16-15(7-6-12-17(16,3)4)20(19)14-10-8-13(2)9-11-14/h8-11,15-16,18H,5-7,12H2,1-4H3. The molecule has 3 heteroatoms. The molecule has 1 aromatic carbocycles. The first-order chi connectivity index (χ1) is 9.45. The highest BCUT2D eigenvalue weighted by molar-refractivity contribution is 7.85. The molecule has 3 atom stereocenters. The zero-order valence-corrected chi connectivity index (χ0v) is 13.9. The predicted molar refractivity (Wildman–Crippen MR) is 86.5 cm³/mol. The molecular weight excluding hydrogens is 266 g/mol. The summed E-state index contributed by atoms with van der Waals surface area (Å²) in [4.78, 5) is 0.973. The van der Waals surface area contributed by atoms with E-state index >= 15 is 0 Å². The van der Waals surface area contributed by atoms with Crippen molar-refractivity contribution in [2.24, 2.45) is 5.41 Å². The van der Waals surface area contributed by atoms with Gasteiger partial charge in [0.25, 0.3) is 0 Å². The fraction of sp³-hybridized carbons (Fsp3) is 0.647. The van der Waals surface area contributed by atoms with E-state index in [2.05, 4.69) is 45.1 Å². The topological polar surface area (TPSA) is 29.1 Å². The molecule has 0 aromatic heterocycles. The van der Waals surface area contributed by atoms with E-state index in [0.717, 1.165) is 17.9 Å². The van der Waals surface area contributed by atoms with Crippen LogP contribution in [0.3, 0.4) is 0 Å². The van der Waals surface area contributed by atoms with Gasteiger partial charge in [0.2, 0.25) is 0 Å². The van der Waals surface area contributed by atoms with Gasteiger partial charge < -0.3 is 5.32 Å². The first kappa shape index (κ1) is 15.7. The molecule has 0 radical (unpaired) electrons. The molecule has 1 aliphatic rings. The minimum Gasteiger partial charge on any atom is -0.313 e. The smallest absolute Gasteiger partial charge is 0.0576 e. The summed E-state index contributed by atoms with van der Waals surface area (Å²) in [5, 5.41) is 3.82. The van der Waals surface area contributed by atoms with E-state index in [4.69, 9.17) is 0 Å². The normalized spacial score (nSPS) is 27.2. The molecule has 1 saturated carbocycles. The molecule has 0 aliphatic heterocycles. The molecule has 0 heterocycles. The quantitative estimate of drug-likeness (QED) is 0.918. The summed E-state index contributed by atoms with van der Waals surface area (Å²) in [5.74, 6) is 0. The molecule has 20 heavy (non-hydrogen) atoms. The third kappa shape index (κ3) is 3.32. The van der Waals surface area contributed by atoms with Crippen molar-refractivity contribution in [1.82, 2.24) is 5.32 Å². The van der Waals surface area contributed by atoms with E-state index in [9.17, 15) is 4.21 Å². The summed E-state index contributed by atoms with van der Waals surface area (Å²) >= 11 is 0. The second kappa shape index (κ2) is 6.40. The van der Waals surface area contributed by atoms with Crippen LogP contribution in [0.25, 0.3) is 0 Å². The van der Waals surface area contributed by atoms with E-state index in [-0.39, 0.29) is 10.7 Å². The Hall–Kier alpha value is -0.670. The van der Waals surface area contributed by atoms with Gasteiger partial charge in [-0.1, -0.05) is 44.9 Å². The van der Waals surface area contributed by atoms with Crippen LogP contribution in [0, 0.1) is 12.3 Å². The lowest BCUT2D eigenvalue weighted by Gasteiger charge is -2.44. The van der Waals surface area contributed by atoms with E-state index < -0.39 is 10.8 Å². The van der Waals surface area contributed by atoms with Gasteiger partial charge in [0.1, 0.15) is 0 Å². The summed E-state index contributed by atoms with van der Waals surface area (Å²) < 4.78 is 13.0. The maximum Gasteiger partial charge on any atom is 0.0576 e. The molecule has 1 N–H and O–H groups in total. The zero-order valence-electron chi connectivity index (χ0n) is 13.1. The lowest BCUT2D eigenvalue weighted by Crippen LogP contribution is -2.53. The molecule has 3 unspecified atom stereocenters. The number of nitrogens with one attached hydrogen (secondary N) is 1. The summed E-state index contributed by atoms with van der Waals surface area (Å²) in [7, 11) is -0.919. The lowest BCUT2D eigenvalue weighted by atomic mass is 9.73. The Morgan fingerprint density at radius 2 is 1.95 bits per heavy atom. The van der Waals surface area contributed by atoms with Gasteiger partial charge in [-0.2, -0.15) is 0 Å². The Morgan fingerprint density at radius 3 is 2.55 bits per heavy atom. The highest BCUT2D eigenvalue weighted by Gasteiger charge is 2.41. The predicted octanol–water partition coefficient (Wildman–Crippen LogP) is 3.66. The van der Waals surface area contributed by atoms with Crippen molar-refractivity contribution < 1.29 is 4.21 Å². The average Bonchev–Trinajstić information content (AvgIpc) is 2.41. The highest BCUT2D eigenvalue weighted by Crippen LogP contribution is 2.39. The van der Waals surface area contributed by atoms with Crippen molar-refractivity contribution in [3.8, 4) is 0 Å². The molecule has 1 aliphatic carbocycles. The van der Waals surface area contributed by atoms with Crippen LogP contribution in [0.5, 0.6) is 0 Å². The van der Waals surface area contributed by atoms with Gasteiger partial charge in [-0.15, -0.1) is 0 Å². The monoisotopic (exact) mass is 293 g/mol. The number of rotatable bonds is 4. The molecule has 0 spiro atoms. The molecular formula is C17H27NOS. The van der Waals surface area contributed by atoms with Gasteiger partial charge >= 0.3 is 0 Å². The number of aryl methyl sites for hydroxylation is 1. The van der Waals surface area contributed by atoms with Crippen LogP contribution in [-0.2, 0) is 10.8 Å². The first-order valence-corrected chi connectivity index (χ1v) is 8.87. The molecule has 0 amide bonds. The summed E-state index contributed by atoms with van der Waals surface area (Å²) in [6.07, 6.45) is 3.45. The second-order valence-corrected chi connectivity index (χ2v) is 8.24. The molecule has 1 aromatic rings. The van der Waals surface area contributed by atoms with Gasteiger partial charge in [-0.05, 0) is 43.9 Å². The Morgan fingerprint density at radius 1 is 1.30 bits per heavy atom. The van der Waals surface area contributed by atoms with E-state index in [1.54, 1.807) is 0 Å². The van der Waals surface area contributed by atoms with Crippen molar-refractivity contribution in [1.29, 1.82) is 0 Å². The molecule has 2 rings (SSSR count). The maximum atomic E-state index is 13.0. The number of benzene rings is 1. The van der Waals surface area contributed by atoms with Crippen LogP contribution in [0.4, 0.5) is 0 Å². The second-order valence-electron chi connectivity index (χ2n) is 6.57. The van der Waals surface area contributed by atoms with Crippen LogP contribution >= 0.6 is 0 Å². The average molecular weight is 293 g/mol. The Labute approximate surface area is 125 Å². The summed E-state index contributed by atoms with van der Waals surface area (Å²) in [6, 6.07) is 8.50. The third-order valence-corrected chi connectivity index (χ3v) is 6.27. The van der Waals surface area contributed by atoms with Crippen molar-refractivity contribution in [2.45, 2.75) is 63.1 Å². The highest BCUT2D eigenvalue weighted by atomic mass is 32.2. The largest absolute Gasteiger partial charge is 0.313 e. The number of hydrogen-bond acceptors (Lipinski definition) is 2. The maximum absolute atomic E-state index is 13.0. The van der Waals surface area contributed by atoms with Gasteiger partial charge in [-0.25, -0.2) is 0 Å². The van der Waals surface area contributed by atoms with Gasteiger partial charge in [-0.3, -0.25) is 4.21 Å². The number of hydrogen-bond donors (Lipinski definition) is 1. The van der Waals surface area contributed by atoms with Gasteiger partial charge in [0.15, 0.2) is 0 Å². The van der Waals surface area contributed by atoms with Crippen LogP contribution in [0.15, 0.2) is 29.2 Å². The Kier molecular flexibility index (Phi) is 5.03. The molecule has 0 bridgehead atoms. The Balaban J connectivity index is 2.24. The fourth-order valence-electron chi connectivity index (χ4n) is 3.29. The first-order valence-electron chi connectivity index (χ1n) is 7.66. The van der Waals surface area contributed by atoms with Crippen molar-refractivity contribution in [3.05, 3.63) is 29.8 Å². The van der Waals surface area contributed by atoms with Crippen molar-refractivity contribution in [3.63, 3.8) is 0 Å². The third-order valence-electron chi connectivity index (χ3n) is 4.48. The van der Waals surface area contributed by atoms with Crippen LogP contribution < -0.4 is 5.32 Å². The van der Waals surface area contributed by atoms with E-state index in [1.807, 2.05) is 12.1 Å². The summed E-state index contributed by atoms with van der Waals surface area (Å²) in [6.45, 7) is 9.75. The van der Waals surface area contributed by atoms with Gasteiger partial charge in [0.05, 0.1) is 16.0 Å². The van der Waals surface area contributed by atoms with Crippen LogP contribution in [-0.4, -0.2) is 22.0 Å². The van der Waals surface area contributed by atoms with E-state index in [1.165, 1.54) is 18.4 Å². The minimum atomic E-state index is -0.919. The molecule has 2 nitrogen and oxygen atoms in total. The van der Waals surface area contributed by atoms with Crippen molar-refractivity contribution in [2.75, 3.05) is 6.54 Å². The minimum absolute atomic E-state index is 0.222. The van der Waals surface area contributed by atoms with Crippen molar-refractivity contribution >= 4 is 10.8 Å². The zero-order chi connectivity index (χ0) is 14.8. The van der Waals surface area contributed by atoms with Crippen LogP contribution in [0.2, 0.25) is 0 Å². The lowest BCUT2D eigenvalue weighted by molar-refractivity contribution is 0.174. The molecule has 112 valence electrons. The summed E-state index contributed by atoms with van der Waals surface area (Å²) in [5.41, 5.74) is 1.44. The van der Waals surface area contributed by atoms with E-state index in [0.29, 0.717) is 6.04 Å².